The number of benzene rings is 1. The van der Waals surface area contributed by atoms with Crippen LogP contribution in [-0.2, 0) is 9.53 Å². The third-order valence-electron chi connectivity index (χ3n) is 3.19. The van der Waals surface area contributed by atoms with Gasteiger partial charge in [0.05, 0.1) is 19.3 Å². The van der Waals surface area contributed by atoms with Crippen LogP contribution in [0.15, 0.2) is 18.2 Å². The number of rotatable bonds is 3. The van der Waals surface area contributed by atoms with Gasteiger partial charge in [0.1, 0.15) is 11.7 Å². The third kappa shape index (κ3) is 2.85. The van der Waals surface area contributed by atoms with Gasteiger partial charge in [0, 0.05) is 5.56 Å². The van der Waals surface area contributed by atoms with Crippen molar-refractivity contribution in [3.63, 3.8) is 0 Å². The van der Waals surface area contributed by atoms with Gasteiger partial charge in [0.2, 0.25) is 0 Å². The lowest BCUT2D eigenvalue weighted by atomic mass is 10.0. The van der Waals surface area contributed by atoms with Crippen molar-refractivity contribution in [3.05, 3.63) is 29.3 Å². The number of aryl methyl sites for hydroxylation is 1. The molecular formula is C13H15NO5. The first-order chi connectivity index (χ1) is 8.99. The maximum absolute atomic E-state index is 12.0. The molecule has 0 aromatic heterocycles. The van der Waals surface area contributed by atoms with Crippen molar-refractivity contribution in [2.75, 3.05) is 13.2 Å². The number of carboxylic acid groups (broad SMARTS) is 1. The normalized spacial score (nSPS) is 22.2. The van der Waals surface area contributed by atoms with Gasteiger partial charge in [-0.05, 0) is 24.6 Å². The average molecular weight is 265 g/mol. The van der Waals surface area contributed by atoms with E-state index in [-0.39, 0.29) is 19.0 Å². The molecule has 0 radical (unpaired) electrons. The van der Waals surface area contributed by atoms with Crippen LogP contribution in [0.3, 0.4) is 0 Å². The Balaban J connectivity index is 2.08. The molecular weight excluding hydrogens is 250 g/mol. The number of nitrogens with one attached hydrogen (secondary N) is 1. The molecule has 19 heavy (non-hydrogen) atoms. The first-order valence-corrected chi connectivity index (χ1v) is 5.90. The Morgan fingerprint density at radius 2 is 2.11 bits per heavy atom. The van der Waals surface area contributed by atoms with Gasteiger partial charge in [-0.25, -0.2) is 0 Å². The summed E-state index contributed by atoms with van der Waals surface area (Å²) >= 11 is 0. The standard InChI is InChI=1S/C13H15NO5/c1-7-2-3-8(4-11(7)15)12(16)14-10-6-19-5-9(10)13(17)18/h2-4,9-10,15H,5-6H2,1H3,(H,14,16)(H,17,18). The van der Waals surface area contributed by atoms with E-state index in [1.165, 1.54) is 6.07 Å². The topological polar surface area (TPSA) is 95.9 Å². The van der Waals surface area contributed by atoms with E-state index in [9.17, 15) is 14.7 Å². The van der Waals surface area contributed by atoms with Crippen LogP contribution in [0.2, 0.25) is 0 Å². The first kappa shape index (κ1) is 13.4. The lowest BCUT2D eigenvalue weighted by Gasteiger charge is -2.15. The molecule has 1 heterocycles. The number of carboxylic acids is 1. The second-order valence-electron chi connectivity index (χ2n) is 4.56. The molecule has 6 heteroatoms. The summed E-state index contributed by atoms with van der Waals surface area (Å²) in [4.78, 5) is 22.9. The molecule has 1 amide bonds. The highest BCUT2D eigenvalue weighted by Gasteiger charge is 2.35. The van der Waals surface area contributed by atoms with E-state index in [0.717, 1.165) is 0 Å². The molecule has 2 unspecified atom stereocenters. The Morgan fingerprint density at radius 3 is 2.74 bits per heavy atom. The van der Waals surface area contributed by atoms with E-state index in [4.69, 9.17) is 9.84 Å². The summed E-state index contributed by atoms with van der Waals surface area (Å²) in [6.07, 6.45) is 0. The first-order valence-electron chi connectivity index (χ1n) is 5.90. The van der Waals surface area contributed by atoms with E-state index >= 15 is 0 Å². The number of carbonyl (C=O) groups excluding carboxylic acids is 1. The summed E-state index contributed by atoms with van der Waals surface area (Å²) in [5.41, 5.74) is 0.961. The van der Waals surface area contributed by atoms with Crippen LogP contribution in [0, 0.1) is 12.8 Å². The predicted molar refractivity (Wildman–Crippen MR) is 66.0 cm³/mol. The summed E-state index contributed by atoms with van der Waals surface area (Å²) in [5.74, 6) is -2.11. The number of hydrogen-bond acceptors (Lipinski definition) is 4. The number of carbonyl (C=O) groups is 2. The van der Waals surface area contributed by atoms with E-state index in [2.05, 4.69) is 5.32 Å². The highest BCUT2D eigenvalue weighted by atomic mass is 16.5. The van der Waals surface area contributed by atoms with Crippen molar-refractivity contribution in [1.82, 2.24) is 5.32 Å². The van der Waals surface area contributed by atoms with Gasteiger partial charge >= 0.3 is 5.97 Å². The fourth-order valence-corrected chi connectivity index (χ4v) is 1.94. The minimum atomic E-state index is -0.991. The van der Waals surface area contributed by atoms with E-state index < -0.39 is 23.8 Å². The quantitative estimate of drug-likeness (QED) is 0.741. The zero-order chi connectivity index (χ0) is 14.0. The summed E-state index contributed by atoms with van der Waals surface area (Å²) in [5, 5.41) is 21.1. The molecule has 0 aliphatic carbocycles. The maximum Gasteiger partial charge on any atom is 0.311 e. The monoisotopic (exact) mass is 265 g/mol. The summed E-state index contributed by atoms with van der Waals surface area (Å²) in [6, 6.07) is 4.02. The Labute approximate surface area is 110 Å². The second-order valence-corrected chi connectivity index (χ2v) is 4.56. The van der Waals surface area contributed by atoms with Crippen LogP contribution in [0.25, 0.3) is 0 Å². The van der Waals surface area contributed by atoms with Gasteiger partial charge in [0.25, 0.3) is 5.91 Å². The van der Waals surface area contributed by atoms with E-state index in [1.54, 1.807) is 19.1 Å². The summed E-state index contributed by atoms with van der Waals surface area (Å²) in [7, 11) is 0. The molecule has 1 saturated heterocycles. The van der Waals surface area contributed by atoms with Crippen LogP contribution < -0.4 is 5.32 Å². The van der Waals surface area contributed by atoms with Crippen molar-refractivity contribution in [2.24, 2.45) is 5.92 Å². The molecule has 0 saturated carbocycles. The SMILES string of the molecule is Cc1ccc(C(=O)NC2COCC2C(=O)O)cc1O. The molecule has 3 N–H and O–H groups in total. The average Bonchev–Trinajstić information content (AvgIpc) is 2.80. The van der Waals surface area contributed by atoms with E-state index in [1.807, 2.05) is 0 Å². The van der Waals surface area contributed by atoms with Crippen molar-refractivity contribution in [3.8, 4) is 5.75 Å². The molecule has 1 aromatic carbocycles. The largest absolute Gasteiger partial charge is 0.508 e. The number of aliphatic carboxylic acids is 1. The number of aromatic hydroxyl groups is 1. The van der Waals surface area contributed by atoms with Gasteiger partial charge < -0.3 is 20.3 Å². The van der Waals surface area contributed by atoms with Gasteiger partial charge in [0.15, 0.2) is 0 Å². The molecule has 6 nitrogen and oxygen atoms in total. The number of phenols is 1. The van der Waals surface area contributed by atoms with Gasteiger partial charge in [-0.1, -0.05) is 6.07 Å². The maximum atomic E-state index is 12.0. The molecule has 1 aliphatic heterocycles. The minimum Gasteiger partial charge on any atom is -0.508 e. The molecule has 2 atom stereocenters. The smallest absolute Gasteiger partial charge is 0.311 e. The second kappa shape index (κ2) is 5.27. The van der Waals surface area contributed by atoms with Crippen LogP contribution >= 0.6 is 0 Å². The van der Waals surface area contributed by atoms with Crippen LogP contribution in [0.4, 0.5) is 0 Å². The Morgan fingerprint density at radius 1 is 1.37 bits per heavy atom. The Kier molecular flexibility index (Phi) is 3.71. The fourth-order valence-electron chi connectivity index (χ4n) is 1.94. The highest BCUT2D eigenvalue weighted by Crippen LogP contribution is 2.19. The molecule has 0 spiro atoms. The van der Waals surface area contributed by atoms with Crippen LogP contribution in [0.1, 0.15) is 15.9 Å². The van der Waals surface area contributed by atoms with Crippen LogP contribution in [-0.4, -0.2) is 41.3 Å². The fraction of sp³-hybridized carbons (Fsp3) is 0.385. The molecule has 1 aliphatic rings. The predicted octanol–water partition coefficient (Wildman–Crippen LogP) is 0.530. The van der Waals surface area contributed by atoms with Gasteiger partial charge in [-0.15, -0.1) is 0 Å². The van der Waals surface area contributed by atoms with E-state index in [0.29, 0.717) is 11.1 Å². The van der Waals surface area contributed by atoms with Crippen molar-refractivity contribution < 1.29 is 24.5 Å². The van der Waals surface area contributed by atoms with Crippen LogP contribution in [0.5, 0.6) is 5.75 Å². The molecule has 2 rings (SSSR count). The molecule has 1 fully saturated rings. The van der Waals surface area contributed by atoms with Crippen molar-refractivity contribution in [1.29, 1.82) is 0 Å². The zero-order valence-corrected chi connectivity index (χ0v) is 10.4. The number of hydrogen-bond donors (Lipinski definition) is 3. The van der Waals surface area contributed by atoms with Gasteiger partial charge in [-0.2, -0.15) is 0 Å². The molecule has 102 valence electrons. The van der Waals surface area contributed by atoms with Crippen molar-refractivity contribution in [2.45, 2.75) is 13.0 Å². The number of phenolic OH excluding ortho intramolecular Hbond substituents is 1. The number of ether oxygens (including phenoxy) is 1. The summed E-state index contributed by atoms with van der Waals surface area (Å²) < 4.78 is 5.07. The lowest BCUT2D eigenvalue weighted by molar-refractivity contribution is -0.142. The lowest BCUT2D eigenvalue weighted by Crippen LogP contribution is -2.42. The van der Waals surface area contributed by atoms with Crippen molar-refractivity contribution >= 4 is 11.9 Å². The Hall–Kier alpha value is -2.08. The Bertz CT molecular complexity index is 514. The number of amides is 1. The third-order valence-corrected chi connectivity index (χ3v) is 3.19. The highest BCUT2D eigenvalue weighted by molar-refractivity contribution is 5.95. The van der Waals surface area contributed by atoms with Gasteiger partial charge in [-0.3, -0.25) is 9.59 Å². The molecule has 1 aromatic rings. The minimum absolute atomic E-state index is 0.0325. The zero-order valence-electron chi connectivity index (χ0n) is 10.4. The summed E-state index contributed by atoms with van der Waals surface area (Å²) in [6.45, 7) is 2.00. The molecule has 0 bridgehead atoms.